The van der Waals surface area contributed by atoms with Gasteiger partial charge in [0, 0.05) is 26.1 Å². The van der Waals surface area contributed by atoms with Gasteiger partial charge in [-0.2, -0.15) is 0 Å². The number of aryl methyl sites for hydroxylation is 1. The number of carbonyl (C=O) groups is 1. The largest absolute Gasteiger partial charge is 0.356 e. The first-order valence-corrected chi connectivity index (χ1v) is 10.3. The molecule has 5 heteroatoms. The van der Waals surface area contributed by atoms with E-state index in [1.54, 1.807) is 0 Å². The highest BCUT2D eigenvalue weighted by Crippen LogP contribution is 2.19. The number of para-hydroxylation sites is 2. The van der Waals surface area contributed by atoms with Crippen molar-refractivity contribution in [3.05, 3.63) is 66.0 Å². The smallest absolute Gasteiger partial charge is 0.224 e. The van der Waals surface area contributed by atoms with E-state index in [1.165, 1.54) is 5.56 Å². The lowest BCUT2D eigenvalue weighted by molar-refractivity contribution is -0.126. The second-order valence-electron chi connectivity index (χ2n) is 7.66. The van der Waals surface area contributed by atoms with Crippen LogP contribution in [0.4, 0.5) is 0 Å². The molecule has 28 heavy (non-hydrogen) atoms. The van der Waals surface area contributed by atoms with Crippen molar-refractivity contribution in [2.75, 3.05) is 19.6 Å². The number of imidazole rings is 1. The van der Waals surface area contributed by atoms with E-state index in [-0.39, 0.29) is 11.8 Å². The number of piperidine rings is 1. The Hall–Kier alpha value is -2.66. The van der Waals surface area contributed by atoms with Crippen LogP contribution in [0.2, 0.25) is 0 Å². The van der Waals surface area contributed by atoms with Crippen LogP contribution in [-0.4, -0.2) is 40.4 Å². The zero-order chi connectivity index (χ0) is 19.2. The molecule has 0 bridgehead atoms. The molecule has 1 aliphatic heterocycles. The van der Waals surface area contributed by atoms with E-state index in [0.29, 0.717) is 6.54 Å². The molecule has 0 spiro atoms. The third kappa shape index (κ3) is 4.78. The molecule has 1 aliphatic rings. The zero-order valence-electron chi connectivity index (χ0n) is 16.2. The number of nitrogens with one attached hydrogen (secondary N) is 2. The lowest BCUT2D eigenvalue weighted by Crippen LogP contribution is -2.42. The van der Waals surface area contributed by atoms with Gasteiger partial charge in [-0.15, -0.1) is 0 Å². The fourth-order valence-electron chi connectivity index (χ4n) is 3.99. The van der Waals surface area contributed by atoms with Crippen molar-refractivity contribution >= 4 is 16.9 Å². The first-order valence-electron chi connectivity index (χ1n) is 10.3. The molecule has 0 saturated carbocycles. The SMILES string of the molecule is O=C(NCCCc1nc2ccccc2[nH]1)[C@@H]1CCCN(Cc2ccccc2)C1. The summed E-state index contributed by atoms with van der Waals surface area (Å²) in [5, 5.41) is 3.13. The number of likely N-dealkylation sites (tertiary alicyclic amines) is 1. The highest BCUT2D eigenvalue weighted by Gasteiger charge is 2.25. The summed E-state index contributed by atoms with van der Waals surface area (Å²) in [7, 11) is 0. The van der Waals surface area contributed by atoms with E-state index in [4.69, 9.17) is 0 Å². The van der Waals surface area contributed by atoms with E-state index in [2.05, 4.69) is 44.5 Å². The predicted molar refractivity (Wildman–Crippen MR) is 112 cm³/mol. The van der Waals surface area contributed by atoms with Crippen molar-refractivity contribution < 1.29 is 4.79 Å². The molecule has 3 aromatic rings. The summed E-state index contributed by atoms with van der Waals surface area (Å²) in [6, 6.07) is 18.6. The van der Waals surface area contributed by atoms with Gasteiger partial charge in [0.1, 0.15) is 5.82 Å². The zero-order valence-corrected chi connectivity index (χ0v) is 16.2. The number of fused-ring (bicyclic) bond motifs is 1. The molecule has 2 heterocycles. The summed E-state index contributed by atoms with van der Waals surface area (Å²) < 4.78 is 0. The molecule has 1 amide bonds. The fraction of sp³-hybridized carbons (Fsp3) is 0.391. The summed E-state index contributed by atoms with van der Waals surface area (Å²) >= 11 is 0. The highest BCUT2D eigenvalue weighted by atomic mass is 16.1. The first-order chi connectivity index (χ1) is 13.8. The Balaban J connectivity index is 1.21. The first kappa shape index (κ1) is 18.7. The van der Waals surface area contributed by atoms with Crippen molar-refractivity contribution in [3.8, 4) is 0 Å². The molecule has 0 radical (unpaired) electrons. The van der Waals surface area contributed by atoms with Gasteiger partial charge in [-0.1, -0.05) is 42.5 Å². The number of nitrogens with zero attached hydrogens (tertiary/aromatic N) is 2. The maximum Gasteiger partial charge on any atom is 0.224 e. The normalized spacial score (nSPS) is 17.6. The van der Waals surface area contributed by atoms with E-state index in [1.807, 2.05) is 30.3 Å². The van der Waals surface area contributed by atoms with Gasteiger partial charge in [0.15, 0.2) is 0 Å². The summed E-state index contributed by atoms with van der Waals surface area (Å²) in [5.74, 6) is 1.29. The fourth-order valence-corrected chi connectivity index (χ4v) is 3.99. The third-order valence-electron chi connectivity index (χ3n) is 5.45. The maximum absolute atomic E-state index is 12.6. The maximum atomic E-state index is 12.6. The second kappa shape index (κ2) is 9.02. The van der Waals surface area contributed by atoms with Crippen LogP contribution < -0.4 is 5.32 Å². The van der Waals surface area contributed by atoms with Gasteiger partial charge in [-0.25, -0.2) is 4.98 Å². The van der Waals surface area contributed by atoms with Gasteiger partial charge in [-0.05, 0) is 43.5 Å². The van der Waals surface area contributed by atoms with Gasteiger partial charge in [0.05, 0.1) is 17.0 Å². The van der Waals surface area contributed by atoms with Gasteiger partial charge in [-0.3, -0.25) is 9.69 Å². The van der Waals surface area contributed by atoms with E-state index >= 15 is 0 Å². The van der Waals surface area contributed by atoms with Crippen molar-refractivity contribution in [2.24, 2.45) is 5.92 Å². The number of rotatable bonds is 7. The molecule has 5 nitrogen and oxygen atoms in total. The lowest BCUT2D eigenvalue weighted by atomic mass is 9.96. The molecule has 4 rings (SSSR count). The number of carbonyl (C=O) groups excluding carboxylic acids is 1. The molecule has 2 N–H and O–H groups in total. The molecular formula is C23H28N4O. The van der Waals surface area contributed by atoms with E-state index < -0.39 is 0 Å². The molecular weight excluding hydrogens is 348 g/mol. The van der Waals surface area contributed by atoms with Crippen molar-refractivity contribution in [1.82, 2.24) is 20.2 Å². The van der Waals surface area contributed by atoms with Crippen molar-refractivity contribution in [1.29, 1.82) is 0 Å². The van der Waals surface area contributed by atoms with Crippen LogP contribution in [0.15, 0.2) is 54.6 Å². The number of aromatic amines is 1. The lowest BCUT2D eigenvalue weighted by Gasteiger charge is -2.32. The molecule has 1 saturated heterocycles. The molecule has 1 atom stereocenters. The molecule has 0 aliphatic carbocycles. The minimum Gasteiger partial charge on any atom is -0.356 e. The number of hydrogen-bond acceptors (Lipinski definition) is 3. The second-order valence-corrected chi connectivity index (χ2v) is 7.66. The van der Waals surface area contributed by atoms with E-state index in [0.717, 1.165) is 62.2 Å². The summed E-state index contributed by atoms with van der Waals surface area (Å²) in [6.45, 7) is 3.55. The van der Waals surface area contributed by atoms with Crippen LogP contribution in [0.25, 0.3) is 11.0 Å². The van der Waals surface area contributed by atoms with Crippen molar-refractivity contribution in [2.45, 2.75) is 32.2 Å². The molecule has 1 aromatic heterocycles. The Morgan fingerprint density at radius 2 is 1.96 bits per heavy atom. The quantitative estimate of drug-likeness (QED) is 0.620. The Morgan fingerprint density at radius 1 is 1.14 bits per heavy atom. The average Bonchev–Trinajstić information content (AvgIpc) is 3.15. The van der Waals surface area contributed by atoms with Crippen LogP contribution in [0.5, 0.6) is 0 Å². The minimum absolute atomic E-state index is 0.101. The van der Waals surface area contributed by atoms with Crippen LogP contribution in [-0.2, 0) is 17.8 Å². The van der Waals surface area contributed by atoms with Gasteiger partial charge in [0.25, 0.3) is 0 Å². The number of aromatic nitrogens is 2. The Bertz CT molecular complexity index is 872. The van der Waals surface area contributed by atoms with E-state index in [9.17, 15) is 4.79 Å². The van der Waals surface area contributed by atoms with Gasteiger partial charge >= 0.3 is 0 Å². The Kier molecular flexibility index (Phi) is 6.02. The van der Waals surface area contributed by atoms with Crippen LogP contribution in [0, 0.1) is 5.92 Å². The monoisotopic (exact) mass is 376 g/mol. The summed E-state index contributed by atoms with van der Waals surface area (Å²) in [6.07, 6.45) is 3.82. The van der Waals surface area contributed by atoms with Gasteiger partial charge in [0.2, 0.25) is 5.91 Å². The molecule has 1 fully saturated rings. The summed E-state index contributed by atoms with van der Waals surface area (Å²) in [4.78, 5) is 22.9. The average molecular weight is 377 g/mol. The Labute approximate surface area is 166 Å². The highest BCUT2D eigenvalue weighted by molar-refractivity contribution is 5.79. The Morgan fingerprint density at radius 3 is 2.82 bits per heavy atom. The minimum atomic E-state index is 0.101. The standard InChI is InChI=1S/C23H28N4O/c28-23(19-10-7-15-27(17-19)16-18-8-2-1-3-9-18)24-14-6-13-22-25-20-11-4-5-12-21(20)26-22/h1-5,8-9,11-12,19H,6-7,10,13-17H2,(H,24,28)(H,25,26)/t19-/m1/s1. The predicted octanol–water partition coefficient (Wildman–Crippen LogP) is 3.52. The number of amides is 1. The topological polar surface area (TPSA) is 61.0 Å². The van der Waals surface area contributed by atoms with Crippen LogP contribution >= 0.6 is 0 Å². The molecule has 2 aromatic carbocycles. The van der Waals surface area contributed by atoms with Crippen LogP contribution in [0.1, 0.15) is 30.7 Å². The number of hydrogen-bond donors (Lipinski definition) is 2. The number of benzene rings is 2. The number of H-pyrrole nitrogens is 1. The third-order valence-corrected chi connectivity index (χ3v) is 5.45. The molecule has 146 valence electrons. The molecule has 0 unspecified atom stereocenters. The van der Waals surface area contributed by atoms with Gasteiger partial charge < -0.3 is 10.3 Å². The van der Waals surface area contributed by atoms with Crippen LogP contribution in [0.3, 0.4) is 0 Å². The van der Waals surface area contributed by atoms with Crippen molar-refractivity contribution in [3.63, 3.8) is 0 Å². The summed E-state index contributed by atoms with van der Waals surface area (Å²) in [5.41, 5.74) is 3.39.